The highest BCUT2D eigenvalue weighted by Crippen LogP contribution is 2.25. The Morgan fingerprint density at radius 3 is 2.79 bits per heavy atom. The SMILES string of the molecule is NC(=O)CN1CCC[C@@H](c2cccc(C(=O)N3CCOCC3)n2)C1. The molecule has 0 saturated carbocycles. The lowest BCUT2D eigenvalue weighted by molar-refractivity contribution is -0.119. The summed E-state index contributed by atoms with van der Waals surface area (Å²) in [5, 5.41) is 0. The molecular weight excluding hydrogens is 308 g/mol. The topological polar surface area (TPSA) is 88.8 Å². The van der Waals surface area contributed by atoms with Gasteiger partial charge in [-0.15, -0.1) is 0 Å². The number of carbonyl (C=O) groups is 2. The average Bonchev–Trinajstić information content (AvgIpc) is 2.62. The first-order valence-electron chi connectivity index (χ1n) is 8.48. The summed E-state index contributed by atoms with van der Waals surface area (Å²) < 4.78 is 5.29. The predicted octanol–water partition coefficient (Wildman–Crippen LogP) is 0.219. The number of morpholine rings is 1. The van der Waals surface area contributed by atoms with Crippen LogP contribution in [0.15, 0.2) is 18.2 Å². The van der Waals surface area contributed by atoms with E-state index in [1.807, 2.05) is 12.1 Å². The molecule has 0 unspecified atom stereocenters. The number of amides is 2. The molecule has 2 aliphatic heterocycles. The van der Waals surface area contributed by atoms with Crippen LogP contribution in [0.5, 0.6) is 0 Å². The van der Waals surface area contributed by atoms with Crippen LogP contribution in [-0.2, 0) is 9.53 Å². The third kappa shape index (κ3) is 4.10. The number of carbonyl (C=O) groups excluding carboxylic acids is 2. The highest BCUT2D eigenvalue weighted by Gasteiger charge is 2.25. The number of pyridine rings is 1. The van der Waals surface area contributed by atoms with Crippen LogP contribution in [0.2, 0.25) is 0 Å². The average molecular weight is 332 g/mol. The second-order valence-corrected chi connectivity index (χ2v) is 6.39. The van der Waals surface area contributed by atoms with Gasteiger partial charge in [-0.05, 0) is 31.5 Å². The van der Waals surface area contributed by atoms with Crippen LogP contribution in [0.3, 0.4) is 0 Å². The van der Waals surface area contributed by atoms with Crippen molar-refractivity contribution in [1.29, 1.82) is 0 Å². The van der Waals surface area contributed by atoms with Crippen molar-refractivity contribution in [2.45, 2.75) is 18.8 Å². The zero-order chi connectivity index (χ0) is 16.9. The zero-order valence-electron chi connectivity index (χ0n) is 13.8. The molecule has 7 heteroatoms. The van der Waals surface area contributed by atoms with Gasteiger partial charge in [-0.3, -0.25) is 14.5 Å². The van der Waals surface area contributed by atoms with Crippen molar-refractivity contribution in [3.63, 3.8) is 0 Å². The predicted molar refractivity (Wildman–Crippen MR) is 88.6 cm³/mol. The van der Waals surface area contributed by atoms with Crippen LogP contribution >= 0.6 is 0 Å². The Balaban J connectivity index is 1.70. The molecule has 3 rings (SSSR count). The minimum absolute atomic E-state index is 0.0371. The summed E-state index contributed by atoms with van der Waals surface area (Å²) in [7, 11) is 0. The molecule has 0 bridgehead atoms. The molecule has 2 aliphatic rings. The summed E-state index contributed by atoms with van der Waals surface area (Å²) in [6, 6.07) is 5.63. The summed E-state index contributed by atoms with van der Waals surface area (Å²) in [5.41, 5.74) is 6.70. The molecule has 0 aromatic carbocycles. The van der Waals surface area contributed by atoms with Crippen LogP contribution in [0, 0.1) is 0 Å². The second-order valence-electron chi connectivity index (χ2n) is 6.39. The van der Waals surface area contributed by atoms with Crippen LogP contribution in [0.1, 0.15) is 34.9 Å². The van der Waals surface area contributed by atoms with Crippen molar-refractivity contribution in [2.24, 2.45) is 5.73 Å². The van der Waals surface area contributed by atoms with Gasteiger partial charge in [0.05, 0.1) is 19.8 Å². The molecule has 7 nitrogen and oxygen atoms in total. The largest absolute Gasteiger partial charge is 0.378 e. The van der Waals surface area contributed by atoms with Gasteiger partial charge in [0.2, 0.25) is 5.91 Å². The Hall–Kier alpha value is -1.99. The van der Waals surface area contributed by atoms with Gasteiger partial charge in [-0.1, -0.05) is 6.07 Å². The number of likely N-dealkylation sites (tertiary alicyclic amines) is 1. The molecule has 1 aromatic rings. The fraction of sp³-hybridized carbons (Fsp3) is 0.588. The quantitative estimate of drug-likeness (QED) is 0.852. The van der Waals surface area contributed by atoms with E-state index >= 15 is 0 Å². The van der Waals surface area contributed by atoms with Gasteiger partial charge < -0.3 is 15.4 Å². The van der Waals surface area contributed by atoms with E-state index in [-0.39, 0.29) is 24.3 Å². The Bertz CT molecular complexity index is 601. The number of hydrogen-bond donors (Lipinski definition) is 1. The number of hydrogen-bond acceptors (Lipinski definition) is 5. The minimum atomic E-state index is -0.306. The lowest BCUT2D eigenvalue weighted by Gasteiger charge is -2.31. The van der Waals surface area contributed by atoms with Gasteiger partial charge in [-0.2, -0.15) is 0 Å². The van der Waals surface area contributed by atoms with Crippen molar-refractivity contribution < 1.29 is 14.3 Å². The van der Waals surface area contributed by atoms with Gasteiger partial charge in [0.15, 0.2) is 0 Å². The number of rotatable bonds is 4. The van der Waals surface area contributed by atoms with Crippen molar-refractivity contribution in [3.05, 3.63) is 29.6 Å². The van der Waals surface area contributed by atoms with Crippen LogP contribution in [0.4, 0.5) is 0 Å². The summed E-state index contributed by atoms with van der Waals surface area (Å²) in [5.74, 6) is -0.111. The fourth-order valence-electron chi connectivity index (χ4n) is 3.39. The third-order valence-corrected chi connectivity index (χ3v) is 4.59. The van der Waals surface area contributed by atoms with Crippen LogP contribution in [0.25, 0.3) is 0 Å². The molecule has 1 aromatic heterocycles. The summed E-state index contributed by atoms with van der Waals surface area (Å²) >= 11 is 0. The van der Waals surface area contributed by atoms with Gasteiger partial charge in [0.1, 0.15) is 5.69 Å². The lowest BCUT2D eigenvalue weighted by atomic mass is 9.94. The highest BCUT2D eigenvalue weighted by molar-refractivity contribution is 5.92. The Kier molecular flexibility index (Phi) is 5.42. The second kappa shape index (κ2) is 7.72. The van der Waals surface area contributed by atoms with E-state index in [2.05, 4.69) is 9.88 Å². The van der Waals surface area contributed by atoms with E-state index in [0.717, 1.165) is 31.6 Å². The van der Waals surface area contributed by atoms with E-state index in [0.29, 0.717) is 32.0 Å². The van der Waals surface area contributed by atoms with E-state index in [9.17, 15) is 9.59 Å². The normalized spacial score (nSPS) is 22.3. The monoisotopic (exact) mass is 332 g/mol. The van der Waals surface area contributed by atoms with Gasteiger partial charge in [-0.25, -0.2) is 4.98 Å². The molecule has 2 saturated heterocycles. The van der Waals surface area contributed by atoms with Crippen molar-refractivity contribution >= 4 is 11.8 Å². The molecule has 0 spiro atoms. The zero-order valence-corrected chi connectivity index (χ0v) is 13.8. The molecule has 0 radical (unpaired) electrons. The van der Waals surface area contributed by atoms with Gasteiger partial charge in [0, 0.05) is 31.2 Å². The summed E-state index contributed by atoms with van der Waals surface area (Å²) in [4.78, 5) is 32.2. The van der Waals surface area contributed by atoms with E-state index in [1.54, 1.807) is 11.0 Å². The Labute approximate surface area is 141 Å². The molecule has 2 fully saturated rings. The number of ether oxygens (including phenoxy) is 1. The Morgan fingerprint density at radius 1 is 1.25 bits per heavy atom. The Morgan fingerprint density at radius 2 is 2.04 bits per heavy atom. The maximum Gasteiger partial charge on any atom is 0.272 e. The van der Waals surface area contributed by atoms with E-state index in [4.69, 9.17) is 10.5 Å². The molecule has 3 heterocycles. The fourth-order valence-corrected chi connectivity index (χ4v) is 3.39. The third-order valence-electron chi connectivity index (χ3n) is 4.59. The standard InChI is InChI=1S/C17H24N4O3/c18-16(22)12-20-6-2-3-13(11-20)14-4-1-5-15(19-14)17(23)21-7-9-24-10-8-21/h1,4-5,13H,2-3,6-12H2,(H2,18,22)/t13-/m1/s1. The van der Waals surface area contributed by atoms with Gasteiger partial charge in [0.25, 0.3) is 5.91 Å². The summed E-state index contributed by atoms with van der Waals surface area (Å²) in [6.07, 6.45) is 2.01. The molecular formula is C17H24N4O3. The van der Waals surface area contributed by atoms with Crippen molar-refractivity contribution in [1.82, 2.24) is 14.8 Å². The van der Waals surface area contributed by atoms with Crippen LogP contribution < -0.4 is 5.73 Å². The number of nitrogens with zero attached hydrogens (tertiary/aromatic N) is 3. The maximum absolute atomic E-state index is 12.6. The number of piperidine rings is 1. The van der Waals surface area contributed by atoms with Crippen molar-refractivity contribution in [2.75, 3.05) is 45.9 Å². The molecule has 24 heavy (non-hydrogen) atoms. The lowest BCUT2D eigenvalue weighted by Crippen LogP contribution is -2.41. The molecule has 130 valence electrons. The smallest absolute Gasteiger partial charge is 0.272 e. The van der Waals surface area contributed by atoms with E-state index < -0.39 is 0 Å². The minimum Gasteiger partial charge on any atom is -0.378 e. The first-order chi connectivity index (χ1) is 11.6. The molecule has 0 aliphatic carbocycles. The van der Waals surface area contributed by atoms with Crippen molar-refractivity contribution in [3.8, 4) is 0 Å². The molecule has 2 amide bonds. The van der Waals surface area contributed by atoms with Crippen LogP contribution in [-0.4, -0.2) is 72.5 Å². The summed E-state index contributed by atoms with van der Waals surface area (Å²) in [6.45, 7) is 4.30. The van der Waals surface area contributed by atoms with Gasteiger partial charge >= 0.3 is 0 Å². The first-order valence-corrected chi connectivity index (χ1v) is 8.48. The first kappa shape index (κ1) is 16.9. The number of aromatic nitrogens is 1. The highest BCUT2D eigenvalue weighted by atomic mass is 16.5. The number of primary amides is 1. The molecule has 1 atom stereocenters. The maximum atomic E-state index is 12.6. The molecule has 2 N–H and O–H groups in total. The number of nitrogens with two attached hydrogens (primary N) is 1. The van der Waals surface area contributed by atoms with E-state index in [1.165, 1.54) is 0 Å².